The van der Waals surface area contributed by atoms with E-state index in [2.05, 4.69) is 15.9 Å². The number of halogens is 1. The zero-order valence-electron chi connectivity index (χ0n) is 8.45. The van der Waals surface area contributed by atoms with Gasteiger partial charge in [0.1, 0.15) is 0 Å². The molecule has 1 aromatic rings. The minimum Gasteiger partial charge on any atom is -0.331 e. The zero-order chi connectivity index (χ0) is 10.7. The van der Waals surface area contributed by atoms with E-state index in [1.165, 1.54) is 0 Å². The monoisotopic (exact) mass is 276 g/mol. The van der Waals surface area contributed by atoms with E-state index in [1.807, 2.05) is 10.8 Å². The Hall–Kier alpha value is -0.550. The summed E-state index contributed by atoms with van der Waals surface area (Å²) in [5.74, 6) is 0. The fourth-order valence-corrected chi connectivity index (χ4v) is 2.51. The number of rotatable bonds is 2. The zero-order valence-corrected chi connectivity index (χ0v) is 10.9. The number of amides is 2. The molecule has 0 N–H and O–H groups in total. The Labute approximate surface area is 96.4 Å². The lowest BCUT2D eigenvalue weighted by molar-refractivity contribution is 0.180. The minimum absolute atomic E-state index is 0.0168. The summed E-state index contributed by atoms with van der Waals surface area (Å²) >= 11 is 5.07. The van der Waals surface area contributed by atoms with Gasteiger partial charge >= 0.3 is 6.03 Å². The van der Waals surface area contributed by atoms with Crippen LogP contribution in [0.25, 0.3) is 0 Å². The van der Waals surface area contributed by atoms with Gasteiger partial charge in [-0.3, -0.25) is 0 Å². The Bertz CT molecular complexity index is 324. The van der Waals surface area contributed by atoms with Crippen molar-refractivity contribution in [2.75, 3.05) is 21.1 Å². The van der Waals surface area contributed by atoms with Crippen LogP contribution < -0.4 is 0 Å². The highest BCUT2D eigenvalue weighted by Crippen LogP contribution is 2.22. The fraction of sp³-hybridized carbons (Fsp3) is 0.444. The van der Waals surface area contributed by atoms with Crippen molar-refractivity contribution in [3.63, 3.8) is 0 Å². The predicted octanol–water partition coefficient (Wildman–Crippen LogP) is 2.62. The van der Waals surface area contributed by atoms with E-state index < -0.39 is 0 Å². The third-order valence-corrected chi connectivity index (χ3v) is 3.64. The average molecular weight is 277 g/mol. The quantitative estimate of drug-likeness (QED) is 0.815. The van der Waals surface area contributed by atoms with Gasteiger partial charge in [0.05, 0.1) is 0 Å². The van der Waals surface area contributed by atoms with Gasteiger partial charge in [-0.1, -0.05) is 0 Å². The van der Waals surface area contributed by atoms with Crippen molar-refractivity contribution in [2.24, 2.45) is 0 Å². The van der Waals surface area contributed by atoms with Crippen LogP contribution in [-0.4, -0.2) is 37.0 Å². The van der Waals surface area contributed by atoms with Crippen LogP contribution in [0, 0.1) is 0 Å². The van der Waals surface area contributed by atoms with Gasteiger partial charge in [0.2, 0.25) is 0 Å². The van der Waals surface area contributed by atoms with Gasteiger partial charge in [0, 0.05) is 37.5 Å². The van der Waals surface area contributed by atoms with Crippen molar-refractivity contribution in [3.8, 4) is 0 Å². The third kappa shape index (κ3) is 2.72. The van der Waals surface area contributed by atoms with Crippen LogP contribution in [0.5, 0.6) is 0 Å². The highest BCUT2D eigenvalue weighted by atomic mass is 79.9. The lowest BCUT2D eigenvalue weighted by atomic mass is 10.3. The summed E-state index contributed by atoms with van der Waals surface area (Å²) in [6.45, 7) is 0.640. The molecular weight excluding hydrogens is 264 g/mol. The standard InChI is InChI=1S/C9H13BrN2OS/c1-11(2)9(13)12(3)4-7-5-14-6-8(7)10/h5-6H,4H2,1-3H3. The molecule has 0 atom stereocenters. The first kappa shape index (κ1) is 11.5. The van der Waals surface area contributed by atoms with Gasteiger partial charge < -0.3 is 9.80 Å². The van der Waals surface area contributed by atoms with E-state index >= 15 is 0 Å². The molecule has 0 aliphatic heterocycles. The van der Waals surface area contributed by atoms with E-state index in [-0.39, 0.29) is 6.03 Å². The Morgan fingerprint density at radius 3 is 2.50 bits per heavy atom. The van der Waals surface area contributed by atoms with Crippen LogP contribution in [0.15, 0.2) is 15.2 Å². The molecule has 78 valence electrons. The summed E-state index contributed by atoms with van der Waals surface area (Å²) in [5, 5.41) is 4.06. The first-order chi connectivity index (χ1) is 6.52. The van der Waals surface area contributed by atoms with E-state index in [4.69, 9.17) is 0 Å². The van der Waals surface area contributed by atoms with Crippen molar-refractivity contribution in [2.45, 2.75) is 6.54 Å². The predicted molar refractivity (Wildman–Crippen MR) is 62.6 cm³/mol. The molecule has 0 aliphatic rings. The van der Waals surface area contributed by atoms with E-state index in [9.17, 15) is 4.79 Å². The van der Waals surface area contributed by atoms with Crippen molar-refractivity contribution in [1.29, 1.82) is 0 Å². The maximum absolute atomic E-state index is 11.5. The number of carbonyl (C=O) groups excluding carboxylic acids is 1. The fourth-order valence-electron chi connectivity index (χ4n) is 1.09. The van der Waals surface area contributed by atoms with Gasteiger partial charge in [0.25, 0.3) is 0 Å². The van der Waals surface area contributed by atoms with Crippen LogP contribution in [0.1, 0.15) is 5.56 Å². The first-order valence-electron chi connectivity index (χ1n) is 4.15. The molecule has 3 nitrogen and oxygen atoms in total. The second-order valence-electron chi connectivity index (χ2n) is 3.28. The molecule has 5 heteroatoms. The second kappa shape index (κ2) is 4.79. The van der Waals surface area contributed by atoms with Crippen LogP contribution >= 0.6 is 27.3 Å². The number of nitrogens with zero attached hydrogens (tertiary/aromatic N) is 2. The van der Waals surface area contributed by atoms with Gasteiger partial charge in [-0.15, -0.1) is 0 Å². The number of hydrogen-bond acceptors (Lipinski definition) is 2. The van der Waals surface area contributed by atoms with E-state index in [1.54, 1.807) is 42.3 Å². The number of thiophene rings is 1. The molecule has 0 fully saturated rings. The smallest absolute Gasteiger partial charge is 0.319 e. The molecule has 0 unspecified atom stereocenters. The lowest BCUT2D eigenvalue weighted by Crippen LogP contribution is -2.35. The molecule has 0 radical (unpaired) electrons. The van der Waals surface area contributed by atoms with Crippen molar-refractivity contribution in [1.82, 2.24) is 9.80 Å². The lowest BCUT2D eigenvalue weighted by Gasteiger charge is -2.21. The molecule has 0 aliphatic carbocycles. The van der Waals surface area contributed by atoms with Crippen LogP contribution in [0.4, 0.5) is 4.79 Å². The molecule has 14 heavy (non-hydrogen) atoms. The summed E-state index contributed by atoms with van der Waals surface area (Å²) in [7, 11) is 5.30. The van der Waals surface area contributed by atoms with Crippen molar-refractivity contribution < 1.29 is 4.79 Å². The highest BCUT2D eigenvalue weighted by Gasteiger charge is 2.12. The molecule has 0 spiro atoms. The minimum atomic E-state index is 0.0168. The Morgan fingerprint density at radius 1 is 1.43 bits per heavy atom. The summed E-state index contributed by atoms with van der Waals surface area (Å²) < 4.78 is 1.07. The van der Waals surface area contributed by atoms with E-state index in [0.717, 1.165) is 10.0 Å². The summed E-state index contributed by atoms with van der Waals surface area (Å²) in [4.78, 5) is 14.8. The summed E-state index contributed by atoms with van der Waals surface area (Å²) in [5.41, 5.74) is 1.15. The largest absolute Gasteiger partial charge is 0.331 e. The van der Waals surface area contributed by atoms with Gasteiger partial charge in [-0.05, 0) is 26.9 Å². The number of hydrogen-bond donors (Lipinski definition) is 0. The number of carbonyl (C=O) groups is 1. The normalized spacial score (nSPS) is 10.0. The molecular formula is C9H13BrN2OS. The van der Waals surface area contributed by atoms with E-state index in [0.29, 0.717) is 6.54 Å². The summed E-state index contributed by atoms with van der Waals surface area (Å²) in [6.07, 6.45) is 0. The molecule has 0 saturated carbocycles. The Kier molecular flexibility index (Phi) is 3.95. The summed E-state index contributed by atoms with van der Waals surface area (Å²) in [6, 6.07) is 0.0168. The van der Waals surface area contributed by atoms with Crippen molar-refractivity contribution in [3.05, 3.63) is 20.8 Å². The highest BCUT2D eigenvalue weighted by molar-refractivity contribution is 9.10. The topological polar surface area (TPSA) is 23.6 Å². The van der Waals surface area contributed by atoms with Crippen LogP contribution in [-0.2, 0) is 6.54 Å². The molecule has 0 aromatic carbocycles. The molecule has 1 heterocycles. The first-order valence-corrected chi connectivity index (χ1v) is 5.89. The SMILES string of the molecule is CN(C)C(=O)N(C)Cc1cscc1Br. The molecule has 2 amide bonds. The van der Waals surface area contributed by atoms with Gasteiger partial charge in [0.15, 0.2) is 0 Å². The third-order valence-electron chi connectivity index (χ3n) is 1.81. The van der Waals surface area contributed by atoms with Crippen LogP contribution in [0.2, 0.25) is 0 Å². The molecule has 1 aromatic heterocycles. The number of urea groups is 1. The maximum atomic E-state index is 11.5. The second-order valence-corrected chi connectivity index (χ2v) is 4.88. The Morgan fingerprint density at radius 2 is 2.07 bits per heavy atom. The average Bonchev–Trinajstić information content (AvgIpc) is 2.50. The molecule has 1 rings (SSSR count). The van der Waals surface area contributed by atoms with Crippen molar-refractivity contribution >= 4 is 33.3 Å². The molecule has 0 saturated heterocycles. The Balaban J connectivity index is 2.62. The van der Waals surface area contributed by atoms with Gasteiger partial charge in [-0.2, -0.15) is 11.3 Å². The van der Waals surface area contributed by atoms with Crippen LogP contribution in [0.3, 0.4) is 0 Å². The maximum Gasteiger partial charge on any atom is 0.319 e. The van der Waals surface area contributed by atoms with Gasteiger partial charge in [-0.25, -0.2) is 4.79 Å². The molecule has 0 bridgehead atoms.